The van der Waals surface area contributed by atoms with Gasteiger partial charge < -0.3 is 19.1 Å². The third-order valence-electron chi connectivity index (χ3n) is 6.50. The summed E-state index contributed by atoms with van der Waals surface area (Å²) >= 11 is 0. The van der Waals surface area contributed by atoms with E-state index < -0.39 is 0 Å². The second-order valence-corrected chi connectivity index (χ2v) is 9.06. The van der Waals surface area contributed by atoms with Gasteiger partial charge in [0.1, 0.15) is 5.82 Å². The van der Waals surface area contributed by atoms with Crippen LogP contribution in [0.1, 0.15) is 32.5 Å². The number of amides is 2. The van der Waals surface area contributed by atoms with E-state index >= 15 is 0 Å². The molecular weight excluding hydrogens is 370 g/mol. The van der Waals surface area contributed by atoms with Crippen molar-refractivity contribution in [2.24, 2.45) is 18.9 Å². The number of carbonyl (C=O) groups excluding carboxylic acids is 2. The van der Waals surface area contributed by atoms with Gasteiger partial charge in [-0.15, -0.1) is 0 Å². The maximum Gasteiger partial charge on any atom is 0.237 e. The van der Waals surface area contributed by atoms with Crippen LogP contribution in [-0.4, -0.2) is 87.5 Å². The van der Waals surface area contributed by atoms with Gasteiger partial charge in [-0.25, -0.2) is 4.98 Å². The summed E-state index contributed by atoms with van der Waals surface area (Å²) in [6.45, 7) is 8.75. The molecule has 0 unspecified atom stereocenters. The predicted molar refractivity (Wildman–Crippen MR) is 108 cm³/mol. The average molecular weight is 404 g/mol. The first kappa shape index (κ1) is 20.3. The van der Waals surface area contributed by atoms with Crippen LogP contribution in [0.4, 0.5) is 0 Å². The Kier molecular flexibility index (Phi) is 5.92. The first-order valence-electron chi connectivity index (χ1n) is 10.8. The Labute approximate surface area is 172 Å². The minimum absolute atomic E-state index is 0.0122. The molecule has 29 heavy (non-hydrogen) atoms. The molecule has 0 saturated carbocycles. The molecule has 160 valence electrons. The van der Waals surface area contributed by atoms with Gasteiger partial charge in [-0.2, -0.15) is 0 Å². The van der Waals surface area contributed by atoms with Crippen LogP contribution in [0.5, 0.6) is 0 Å². The number of imidazole rings is 1. The van der Waals surface area contributed by atoms with E-state index in [0.29, 0.717) is 45.3 Å². The van der Waals surface area contributed by atoms with E-state index in [9.17, 15) is 9.59 Å². The molecule has 3 aliphatic heterocycles. The molecule has 1 aromatic rings. The Bertz CT molecular complexity index is 742. The van der Waals surface area contributed by atoms with E-state index in [1.165, 1.54) is 0 Å². The van der Waals surface area contributed by atoms with Gasteiger partial charge in [0.2, 0.25) is 11.8 Å². The Morgan fingerprint density at radius 2 is 2.07 bits per heavy atom. The largest absolute Gasteiger partial charge is 0.378 e. The molecule has 0 aliphatic carbocycles. The number of piperazine rings is 1. The smallest absolute Gasteiger partial charge is 0.237 e. The molecule has 0 radical (unpaired) electrons. The molecule has 3 fully saturated rings. The van der Waals surface area contributed by atoms with Crippen LogP contribution < -0.4 is 0 Å². The van der Waals surface area contributed by atoms with Crippen molar-refractivity contribution in [2.75, 3.05) is 39.4 Å². The fourth-order valence-electron chi connectivity index (χ4n) is 5.13. The number of aryl methyl sites for hydroxylation is 1. The number of carbonyl (C=O) groups is 2. The van der Waals surface area contributed by atoms with Crippen LogP contribution in [0.25, 0.3) is 0 Å². The number of ether oxygens (including phenoxy) is 1. The summed E-state index contributed by atoms with van der Waals surface area (Å²) in [5.41, 5.74) is 0. The monoisotopic (exact) mass is 403 g/mol. The van der Waals surface area contributed by atoms with Crippen LogP contribution in [0.3, 0.4) is 0 Å². The van der Waals surface area contributed by atoms with Gasteiger partial charge in [-0.3, -0.25) is 14.5 Å². The summed E-state index contributed by atoms with van der Waals surface area (Å²) in [5.74, 6) is 1.66. The summed E-state index contributed by atoms with van der Waals surface area (Å²) in [4.78, 5) is 37.1. The quantitative estimate of drug-likeness (QED) is 0.725. The van der Waals surface area contributed by atoms with Crippen molar-refractivity contribution in [1.29, 1.82) is 0 Å². The van der Waals surface area contributed by atoms with Gasteiger partial charge >= 0.3 is 0 Å². The van der Waals surface area contributed by atoms with Crippen molar-refractivity contribution in [3.8, 4) is 0 Å². The lowest BCUT2D eigenvalue weighted by Gasteiger charge is -2.40. The first-order valence-corrected chi connectivity index (χ1v) is 10.8. The molecule has 3 atom stereocenters. The van der Waals surface area contributed by atoms with Crippen molar-refractivity contribution >= 4 is 11.8 Å². The third-order valence-corrected chi connectivity index (χ3v) is 6.50. The second-order valence-electron chi connectivity index (χ2n) is 9.06. The van der Waals surface area contributed by atoms with E-state index in [1.807, 2.05) is 22.7 Å². The Hall–Kier alpha value is -1.93. The molecule has 3 aliphatic rings. The normalized spacial score (nSPS) is 28.3. The van der Waals surface area contributed by atoms with E-state index in [-0.39, 0.29) is 29.8 Å². The molecule has 1 aromatic heterocycles. The number of morpholine rings is 1. The summed E-state index contributed by atoms with van der Waals surface area (Å²) in [6, 6.07) is 0.119. The third kappa shape index (κ3) is 4.19. The fraction of sp³-hybridized carbons (Fsp3) is 0.762. The topological polar surface area (TPSA) is 70.9 Å². The minimum Gasteiger partial charge on any atom is -0.378 e. The summed E-state index contributed by atoms with van der Waals surface area (Å²) in [7, 11) is 1.98. The fourth-order valence-corrected chi connectivity index (χ4v) is 5.13. The van der Waals surface area contributed by atoms with E-state index in [4.69, 9.17) is 4.74 Å². The van der Waals surface area contributed by atoms with Crippen molar-refractivity contribution < 1.29 is 14.3 Å². The number of rotatable bonds is 5. The molecule has 0 aromatic carbocycles. The zero-order valence-corrected chi connectivity index (χ0v) is 17.8. The second kappa shape index (κ2) is 8.44. The van der Waals surface area contributed by atoms with Crippen LogP contribution in [-0.2, 0) is 27.9 Å². The van der Waals surface area contributed by atoms with E-state index in [0.717, 1.165) is 25.2 Å². The predicted octanol–water partition coefficient (Wildman–Crippen LogP) is 0.726. The van der Waals surface area contributed by atoms with Crippen LogP contribution in [0.15, 0.2) is 12.4 Å². The van der Waals surface area contributed by atoms with Crippen molar-refractivity contribution in [3.05, 3.63) is 18.2 Å². The average Bonchev–Trinajstić information content (AvgIpc) is 3.25. The molecule has 4 rings (SSSR count). The molecule has 8 nitrogen and oxygen atoms in total. The van der Waals surface area contributed by atoms with Crippen molar-refractivity contribution in [2.45, 2.75) is 45.3 Å². The maximum atomic E-state index is 13.3. The van der Waals surface area contributed by atoms with Gasteiger partial charge in [0.25, 0.3) is 0 Å². The molecule has 8 heteroatoms. The first-order chi connectivity index (χ1) is 13.9. The lowest BCUT2D eigenvalue weighted by molar-refractivity contribution is -0.144. The lowest BCUT2D eigenvalue weighted by Crippen LogP contribution is -2.56. The van der Waals surface area contributed by atoms with Crippen molar-refractivity contribution in [3.63, 3.8) is 0 Å². The summed E-state index contributed by atoms with van der Waals surface area (Å²) < 4.78 is 7.41. The molecule has 2 amide bonds. The molecule has 0 bridgehead atoms. The number of nitrogens with zero attached hydrogens (tertiary/aromatic N) is 5. The number of fused-ring (bicyclic) bond motifs is 1. The number of aromatic nitrogens is 2. The molecule has 0 N–H and O–H groups in total. The maximum absolute atomic E-state index is 13.3. The lowest BCUT2D eigenvalue weighted by atomic mass is 9.90. The van der Waals surface area contributed by atoms with Gasteiger partial charge in [0.05, 0.1) is 32.2 Å². The highest BCUT2D eigenvalue weighted by atomic mass is 16.5. The highest BCUT2D eigenvalue weighted by Gasteiger charge is 2.50. The number of hydrogen-bond donors (Lipinski definition) is 0. The van der Waals surface area contributed by atoms with E-state index in [2.05, 4.69) is 28.6 Å². The molecule has 3 saturated heterocycles. The molecule has 4 heterocycles. The molecular formula is C21H33N5O3. The van der Waals surface area contributed by atoms with E-state index in [1.54, 1.807) is 6.20 Å². The molecule has 0 spiro atoms. The minimum atomic E-state index is -0.0995. The van der Waals surface area contributed by atoms with Crippen molar-refractivity contribution in [1.82, 2.24) is 24.3 Å². The van der Waals surface area contributed by atoms with Gasteiger partial charge in [-0.05, 0) is 18.8 Å². The van der Waals surface area contributed by atoms with Crippen LogP contribution in [0, 0.1) is 11.8 Å². The Morgan fingerprint density at radius 3 is 2.72 bits per heavy atom. The zero-order valence-electron chi connectivity index (χ0n) is 17.8. The SMILES string of the molecule is CC(C)C[C@@H]1[C@H](C(=O)N2CCOCC2)C[C@@H]2CN(Cc3nccn3C)CC(=O)N21. The Balaban J connectivity index is 1.51. The summed E-state index contributed by atoms with van der Waals surface area (Å²) in [6.07, 6.45) is 5.36. The van der Waals surface area contributed by atoms with Gasteiger partial charge in [0.15, 0.2) is 0 Å². The standard InChI is InChI=1S/C21H33N5O3/c1-15(2)10-18-17(21(28)25-6-8-29-9-7-25)11-16-12-24(14-20(27)26(16)18)13-19-22-4-5-23(19)3/h4-5,15-18H,6-14H2,1-3H3/t16-,17-,18-/m1/s1. The van der Waals surface area contributed by atoms with Gasteiger partial charge in [-0.1, -0.05) is 13.8 Å². The highest BCUT2D eigenvalue weighted by molar-refractivity contribution is 5.85. The van der Waals surface area contributed by atoms with Crippen LogP contribution in [0.2, 0.25) is 0 Å². The van der Waals surface area contributed by atoms with Gasteiger partial charge in [0, 0.05) is 51.2 Å². The zero-order chi connectivity index (χ0) is 20.5. The van der Waals surface area contributed by atoms with Crippen LogP contribution >= 0.6 is 0 Å². The highest BCUT2D eigenvalue weighted by Crippen LogP contribution is 2.37. The number of hydrogen-bond acceptors (Lipinski definition) is 5. The Morgan fingerprint density at radius 1 is 1.31 bits per heavy atom. The summed E-state index contributed by atoms with van der Waals surface area (Å²) in [5, 5.41) is 0.